The standard InChI is InChI=1S/C15H25N5O4/c1-15(2,3)24-14(21)19-8-5-6-11(7-9-19)17-13-12(20(22)23)10-16-18(13)4/h10-11,17H,5-9H2,1-4H3/t11-/m0/s1. The number of carbonyl (C=O) groups is 1. The van der Waals surface area contributed by atoms with Gasteiger partial charge in [-0.2, -0.15) is 5.10 Å². The number of nitro groups is 1. The summed E-state index contributed by atoms with van der Waals surface area (Å²) in [6, 6.07) is 0.0477. The molecule has 1 aromatic heterocycles. The molecule has 24 heavy (non-hydrogen) atoms. The monoisotopic (exact) mass is 339 g/mol. The van der Waals surface area contributed by atoms with E-state index < -0.39 is 10.5 Å². The normalized spacial score (nSPS) is 18.8. The van der Waals surface area contributed by atoms with Crippen LogP contribution in [-0.4, -0.2) is 50.4 Å². The van der Waals surface area contributed by atoms with Gasteiger partial charge in [0, 0.05) is 26.2 Å². The average molecular weight is 339 g/mol. The lowest BCUT2D eigenvalue weighted by Crippen LogP contribution is -2.37. The number of hydrogen-bond donors (Lipinski definition) is 1. The predicted molar refractivity (Wildman–Crippen MR) is 88.9 cm³/mol. The molecule has 1 aliphatic rings. The first kappa shape index (κ1) is 18.0. The molecule has 134 valence electrons. The Kier molecular flexibility index (Phi) is 5.30. The molecule has 0 aliphatic carbocycles. The molecular weight excluding hydrogens is 314 g/mol. The number of aromatic nitrogens is 2. The Morgan fingerprint density at radius 2 is 2.12 bits per heavy atom. The van der Waals surface area contributed by atoms with Crippen LogP contribution >= 0.6 is 0 Å². The number of hydrogen-bond acceptors (Lipinski definition) is 6. The number of carbonyl (C=O) groups excluding carboxylic acids is 1. The van der Waals surface area contributed by atoms with Gasteiger partial charge in [-0.15, -0.1) is 0 Å². The van der Waals surface area contributed by atoms with E-state index in [-0.39, 0.29) is 17.8 Å². The largest absolute Gasteiger partial charge is 0.444 e. The van der Waals surface area contributed by atoms with Gasteiger partial charge < -0.3 is 15.0 Å². The zero-order valence-electron chi connectivity index (χ0n) is 14.6. The Morgan fingerprint density at radius 3 is 2.75 bits per heavy atom. The summed E-state index contributed by atoms with van der Waals surface area (Å²) in [7, 11) is 1.67. The molecule has 1 saturated heterocycles. The predicted octanol–water partition coefficient (Wildman–Crippen LogP) is 2.53. The number of amides is 1. The molecule has 0 unspecified atom stereocenters. The SMILES string of the molecule is Cn1ncc([N+](=O)[O-])c1N[C@H]1CCCN(C(=O)OC(C)(C)C)CC1. The van der Waals surface area contributed by atoms with Crippen LogP contribution in [-0.2, 0) is 11.8 Å². The van der Waals surface area contributed by atoms with Gasteiger partial charge in [0.15, 0.2) is 0 Å². The van der Waals surface area contributed by atoms with E-state index in [1.54, 1.807) is 11.9 Å². The second-order valence-corrected chi connectivity index (χ2v) is 7.00. The van der Waals surface area contributed by atoms with Crippen LogP contribution in [0, 0.1) is 10.1 Å². The highest BCUT2D eigenvalue weighted by atomic mass is 16.6. The van der Waals surface area contributed by atoms with Crippen LogP contribution in [0.3, 0.4) is 0 Å². The average Bonchev–Trinajstić information content (AvgIpc) is 2.68. The number of likely N-dealkylation sites (tertiary alicyclic amines) is 1. The van der Waals surface area contributed by atoms with Crippen molar-refractivity contribution < 1.29 is 14.5 Å². The van der Waals surface area contributed by atoms with E-state index in [4.69, 9.17) is 4.74 Å². The Bertz CT molecular complexity index is 607. The van der Waals surface area contributed by atoms with Crippen LogP contribution < -0.4 is 5.32 Å². The number of rotatable bonds is 3. The minimum Gasteiger partial charge on any atom is -0.444 e. The third-order valence-electron chi connectivity index (χ3n) is 3.84. The summed E-state index contributed by atoms with van der Waals surface area (Å²) in [5.41, 5.74) is -0.554. The fourth-order valence-corrected chi connectivity index (χ4v) is 2.67. The van der Waals surface area contributed by atoms with Gasteiger partial charge in [0.2, 0.25) is 5.82 Å². The summed E-state index contributed by atoms with van der Waals surface area (Å²) in [5.74, 6) is 0.399. The molecule has 9 heteroatoms. The van der Waals surface area contributed by atoms with Gasteiger partial charge in [-0.1, -0.05) is 0 Å². The second kappa shape index (κ2) is 7.06. The lowest BCUT2D eigenvalue weighted by molar-refractivity contribution is -0.384. The highest BCUT2D eigenvalue weighted by molar-refractivity contribution is 5.68. The molecule has 2 heterocycles. The number of ether oxygens (including phenoxy) is 1. The van der Waals surface area contributed by atoms with E-state index in [9.17, 15) is 14.9 Å². The molecule has 0 bridgehead atoms. The highest BCUT2D eigenvalue weighted by Crippen LogP contribution is 2.26. The summed E-state index contributed by atoms with van der Waals surface area (Å²) >= 11 is 0. The molecule has 1 aromatic rings. The zero-order chi connectivity index (χ0) is 17.9. The Labute approximate surface area is 141 Å². The molecule has 0 spiro atoms. The van der Waals surface area contributed by atoms with E-state index in [0.29, 0.717) is 25.3 Å². The van der Waals surface area contributed by atoms with Gasteiger partial charge in [0.25, 0.3) is 0 Å². The van der Waals surface area contributed by atoms with E-state index in [2.05, 4.69) is 10.4 Å². The number of nitrogens with zero attached hydrogens (tertiary/aromatic N) is 4. The van der Waals surface area contributed by atoms with E-state index in [1.807, 2.05) is 20.8 Å². The number of anilines is 1. The number of nitrogens with one attached hydrogen (secondary N) is 1. The van der Waals surface area contributed by atoms with Gasteiger partial charge in [0.05, 0.1) is 4.92 Å². The molecule has 1 N–H and O–H groups in total. The first-order chi connectivity index (χ1) is 11.2. The Morgan fingerprint density at radius 1 is 1.42 bits per heavy atom. The molecule has 2 rings (SSSR count). The van der Waals surface area contributed by atoms with Crippen molar-refractivity contribution >= 4 is 17.6 Å². The van der Waals surface area contributed by atoms with Gasteiger partial charge in [-0.05, 0) is 40.0 Å². The first-order valence-electron chi connectivity index (χ1n) is 8.08. The maximum absolute atomic E-state index is 12.2. The van der Waals surface area contributed by atoms with Crippen LogP contribution in [0.2, 0.25) is 0 Å². The molecule has 0 aromatic carbocycles. The molecule has 0 radical (unpaired) electrons. The molecule has 1 fully saturated rings. The van der Waals surface area contributed by atoms with Crippen LogP contribution in [0.4, 0.5) is 16.3 Å². The van der Waals surface area contributed by atoms with Crippen molar-refractivity contribution in [1.82, 2.24) is 14.7 Å². The van der Waals surface area contributed by atoms with Crippen LogP contribution in [0.15, 0.2) is 6.20 Å². The minimum absolute atomic E-state index is 0.0363. The zero-order valence-corrected chi connectivity index (χ0v) is 14.6. The second-order valence-electron chi connectivity index (χ2n) is 7.00. The van der Waals surface area contributed by atoms with Crippen LogP contribution in [0.5, 0.6) is 0 Å². The third-order valence-corrected chi connectivity index (χ3v) is 3.84. The lowest BCUT2D eigenvalue weighted by atomic mass is 10.1. The quantitative estimate of drug-likeness (QED) is 0.670. The maximum atomic E-state index is 12.2. The van der Waals surface area contributed by atoms with E-state index >= 15 is 0 Å². The third kappa shape index (κ3) is 4.59. The molecule has 1 aliphatic heterocycles. The lowest BCUT2D eigenvalue weighted by Gasteiger charge is -2.26. The smallest absolute Gasteiger partial charge is 0.410 e. The summed E-state index contributed by atoms with van der Waals surface area (Å²) in [6.45, 7) is 6.71. The summed E-state index contributed by atoms with van der Waals surface area (Å²) < 4.78 is 6.87. The Balaban J connectivity index is 1.98. The first-order valence-corrected chi connectivity index (χ1v) is 8.08. The summed E-state index contributed by atoms with van der Waals surface area (Å²) in [5, 5.41) is 18.2. The molecule has 9 nitrogen and oxygen atoms in total. The van der Waals surface area contributed by atoms with Crippen molar-refractivity contribution in [2.45, 2.75) is 51.7 Å². The fourth-order valence-electron chi connectivity index (χ4n) is 2.67. The Hall–Kier alpha value is -2.32. The van der Waals surface area contributed by atoms with Crippen molar-refractivity contribution in [3.05, 3.63) is 16.3 Å². The molecular formula is C15H25N5O4. The van der Waals surface area contributed by atoms with Crippen LogP contribution in [0.1, 0.15) is 40.0 Å². The fraction of sp³-hybridized carbons (Fsp3) is 0.733. The molecule has 1 atom stereocenters. The van der Waals surface area contributed by atoms with Crippen molar-refractivity contribution in [2.24, 2.45) is 7.05 Å². The van der Waals surface area contributed by atoms with E-state index in [1.165, 1.54) is 10.9 Å². The van der Waals surface area contributed by atoms with E-state index in [0.717, 1.165) is 12.8 Å². The van der Waals surface area contributed by atoms with Crippen molar-refractivity contribution in [2.75, 3.05) is 18.4 Å². The maximum Gasteiger partial charge on any atom is 0.410 e. The van der Waals surface area contributed by atoms with Gasteiger partial charge in [-0.3, -0.25) is 10.1 Å². The minimum atomic E-state index is -0.517. The van der Waals surface area contributed by atoms with Gasteiger partial charge in [-0.25, -0.2) is 9.48 Å². The molecule has 1 amide bonds. The number of aryl methyl sites for hydroxylation is 1. The van der Waals surface area contributed by atoms with Gasteiger partial charge in [0.1, 0.15) is 11.8 Å². The van der Waals surface area contributed by atoms with Crippen molar-refractivity contribution in [3.63, 3.8) is 0 Å². The highest BCUT2D eigenvalue weighted by Gasteiger charge is 2.27. The summed E-state index contributed by atoms with van der Waals surface area (Å²) in [6.07, 6.45) is 3.26. The van der Waals surface area contributed by atoms with Crippen molar-refractivity contribution in [1.29, 1.82) is 0 Å². The van der Waals surface area contributed by atoms with Crippen LogP contribution in [0.25, 0.3) is 0 Å². The topological polar surface area (TPSA) is 103 Å². The molecule has 0 saturated carbocycles. The van der Waals surface area contributed by atoms with Crippen molar-refractivity contribution in [3.8, 4) is 0 Å². The summed E-state index contributed by atoms with van der Waals surface area (Å²) in [4.78, 5) is 24.5. The van der Waals surface area contributed by atoms with Gasteiger partial charge >= 0.3 is 11.8 Å².